The van der Waals surface area contributed by atoms with Crippen molar-refractivity contribution in [1.29, 1.82) is 0 Å². The molecule has 2 aliphatic rings. The van der Waals surface area contributed by atoms with E-state index in [0.29, 0.717) is 29.8 Å². The lowest BCUT2D eigenvalue weighted by molar-refractivity contribution is -0.384. The smallest absolute Gasteiger partial charge is 0.293 e. The lowest BCUT2D eigenvalue weighted by Gasteiger charge is -2.22. The van der Waals surface area contributed by atoms with Crippen LogP contribution in [-0.4, -0.2) is 36.5 Å². The quantitative estimate of drug-likeness (QED) is 0.526. The minimum Gasteiger partial charge on any atom is -0.377 e. The molecule has 24 heavy (non-hydrogen) atoms. The van der Waals surface area contributed by atoms with E-state index in [9.17, 15) is 14.9 Å². The van der Waals surface area contributed by atoms with Crippen molar-refractivity contribution in [1.82, 2.24) is 10.6 Å². The second kappa shape index (κ2) is 7.61. The van der Waals surface area contributed by atoms with E-state index < -0.39 is 4.92 Å². The van der Waals surface area contributed by atoms with Crippen LogP contribution in [-0.2, 0) is 0 Å². The molecule has 0 aromatic heterocycles. The molecule has 0 bridgehead atoms. The van der Waals surface area contributed by atoms with Crippen molar-refractivity contribution in [3.8, 4) is 0 Å². The summed E-state index contributed by atoms with van der Waals surface area (Å²) in [7, 11) is 0. The number of piperidine rings is 1. The second-order valence-corrected chi connectivity index (χ2v) is 6.66. The van der Waals surface area contributed by atoms with Crippen molar-refractivity contribution < 1.29 is 9.72 Å². The molecule has 1 aliphatic heterocycles. The van der Waals surface area contributed by atoms with E-state index in [-0.39, 0.29) is 11.6 Å². The first kappa shape index (κ1) is 16.7. The highest BCUT2D eigenvalue weighted by Crippen LogP contribution is 2.31. The number of hydrogen-bond acceptors (Lipinski definition) is 5. The topological polar surface area (TPSA) is 96.3 Å². The maximum absolute atomic E-state index is 12.2. The minimum atomic E-state index is -0.435. The SMILES string of the molecule is O=C(NCCC1CCCNC1)c1ccc(NC2CC2)c([N+](=O)[O-])c1. The summed E-state index contributed by atoms with van der Waals surface area (Å²) in [5.41, 5.74) is 0.795. The average molecular weight is 332 g/mol. The molecule has 0 spiro atoms. The van der Waals surface area contributed by atoms with Crippen molar-refractivity contribution in [2.24, 2.45) is 5.92 Å². The fourth-order valence-electron chi connectivity index (χ4n) is 3.06. The second-order valence-electron chi connectivity index (χ2n) is 6.66. The first-order valence-corrected chi connectivity index (χ1v) is 8.67. The number of benzene rings is 1. The highest BCUT2D eigenvalue weighted by molar-refractivity contribution is 5.95. The Kier molecular flexibility index (Phi) is 5.30. The van der Waals surface area contributed by atoms with Gasteiger partial charge in [-0.2, -0.15) is 0 Å². The molecule has 0 radical (unpaired) electrons. The standard InChI is InChI=1S/C17H24N4O3/c22-17(19-9-7-12-2-1-8-18-11-12)13-3-6-15(20-14-4-5-14)16(10-13)21(23)24/h3,6,10,12,14,18,20H,1-2,4-5,7-9,11H2,(H,19,22). The van der Waals surface area contributed by atoms with E-state index in [0.717, 1.165) is 32.4 Å². The largest absolute Gasteiger partial charge is 0.377 e. The van der Waals surface area contributed by atoms with Crippen LogP contribution in [0.3, 0.4) is 0 Å². The lowest BCUT2D eigenvalue weighted by Crippen LogP contribution is -2.33. The average Bonchev–Trinajstić information content (AvgIpc) is 3.40. The number of carbonyl (C=O) groups is 1. The predicted molar refractivity (Wildman–Crippen MR) is 92.3 cm³/mol. The summed E-state index contributed by atoms with van der Waals surface area (Å²) in [4.78, 5) is 23.0. The summed E-state index contributed by atoms with van der Waals surface area (Å²) < 4.78 is 0. The Labute approximate surface area is 141 Å². The van der Waals surface area contributed by atoms with Crippen LogP contribution < -0.4 is 16.0 Å². The summed E-state index contributed by atoms with van der Waals surface area (Å²) in [5, 5.41) is 20.6. The Bertz CT molecular complexity index is 610. The molecular weight excluding hydrogens is 308 g/mol. The lowest BCUT2D eigenvalue weighted by atomic mass is 9.96. The number of nitro benzene ring substituents is 1. The van der Waals surface area contributed by atoms with Crippen LogP contribution in [0.5, 0.6) is 0 Å². The number of carbonyl (C=O) groups excluding carboxylic acids is 1. The van der Waals surface area contributed by atoms with Crippen LogP contribution in [0.2, 0.25) is 0 Å². The van der Waals surface area contributed by atoms with Crippen LogP contribution in [0.25, 0.3) is 0 Å². The Balaban J connectivity index is 1.57. The maximum Gasteiger partial charge on any atom is 0.293 e. The third-order valence-corrected chi connectivity index (χ3v) is 4.63. The zero-order chi connectivity index (χ0) is 16.9. The van der Waals surface area contributed by atoms with E-state index in [4.69, 9.17) is 0 Å². The number of nitrogens with zero attached hydrogens (tertiary/aromatic N) is 1. The molecule has 1 aromatic carbocycles. The molecule has 1 atom stereocenters. The number of hydrogen-bond donors (Lipinski definition) is 3. The monoisotopic (exact) mass is 332 g/mol. The third-order valence-electron chi connectivity index (χ3n) is 4.63. The highest BCUT2D eigenvalue weighted by atomic mass is 16.6. The normalized spacial score (nSPS) is 20.4. The molecule has 2 fully saturated rings. The van der Waals surface area contributed by atoms with Gasteiger partial charge in [0.1, 0.15) is 5.69 Å². The van der Waals surface area contributed by atoms with Gasteiger partial charge in [0.25, 0.3) is 11.6 Å². The Hall–Kier alpha value is -2.15. The summed E-state index contributed by atoms with van der Waals surface area (Å²) in [5.74, 6) is 0.346. The van der Waals surface area contributed by atoms with Crippen LogP contribution >= 0.6 is 0 Å². The van der Waals surface area contributed by atoms with Crippen LogP contribution in [0.1, 0.15) is 42.5 Å². The number of rotatable bonds is 7. The molecule has 1 aromatic rings. The van der Waals surface area contributed by atoms with E-state index in [2.05, 4.69) is 16.0 Å². The van der Waals surface area contributed by atoms with Gasteiger partial charge in [-0.25, -0.2) is 0 Å². The summed E-state index contributed by atoms with van der Waals surface area (Å²) in [6, 6.07) is 4.97. The zero-order valence-electron chi connectivity index (χ0n) is 13.7. The Morgan fingerprint density at radius 2 is 2.17 bits per heavy atom. The van der Waals surface area contributed by atoms with Gasteiger partial charge in [-0.1, -0.05) is 0 Å². The molecule has 130 valence electrons. The van der Waals surface area contributed by atoms with Gasteiger partial charge in [0.15, 0.2) is 0 Å². The van der Waals surface area contributed by atoms with Gasteiger partial charge in [0.2, 0.25) is 0 Å². The van der Waals surface area contributed by atoms with Crippen molar-refractivity contribution in [2.75, 3.05) is 25.0 Å². The van der Waals surface area contributed by atoms with Crippen LogP contribution in [0.15, 0.2) is 18.2 Å². The van der Waals surface area contributed by atoms with Crippen molar-refractivity contribution in [3.05, 3.63) is 33.9 Å². The summed E-state index contributed by atoms with van der Waals surface area (Å²) in [6.07, 6.45) is 5.38. The van der Waals surface area contributed by atoms with E-state index >= 15 is 0 Å². The Morgan fingerprint density at radius 3 is 2.83 bits per heavy atom. The fraction of sp³-hybridized carbons (Fsp3) is 0.588. The molecular formula is C17H24N4O3. The number of amides is 1. The molecule has 7 nitrogen and oxygen atoms in total. The molecule has 1 heterocycles. The highest BCUT2D eigenvalue weighted by Gasteiger charge is 2.25. The van der Waals surface area contributed by atoms with E-state index in [1.807, 2.05) is 0 Å². The molecule has 1 saturated heterocycles. The molecule has 7 heteroatoms. The molecule has 1 unspecified atom stereocenters. The van der Waals surface area contributed by atoms with Crippen LogP contribution in [0.4, 0.5) is 11.4 Å². The summed E-state index contributed by atoms with van der Waals surface area (Å²) in [6.45, 7) is 2.68. The number of nitro groups is 1. The molecule has 1 aliphatic carbocycles. The van der Waals surface area contributed by atoms with E-state index in [1.54, 1.807) is 12.1 Å². The third kappa shape index (κ3) is 4.44. The van der Waals surface area contributed by atoms with E-state index in [1.165, 1.54) is 18.9 Å². The fourth-order valence-corrected chi connectivity index (χ4v) is 3.06. The van der Waals surface area contributed by atoms with Gasteiger partial charge in [0.05, 0.1) is 4.92 Å². The first-order chi connectivity index (χ1) is 11.6. The van der Waals surface area contributed by atoms with Crippen LogP contribution in [0, 0.1) is 16.0 Å². The van der Waals surface area contributed by atoms with Gasteiger partial charge in [-0.3, -0.25) is 14.9 Å². The molecule has 1 saturated carbocycles. The van der Waals surface area contributed by atoms with Gasteiger partial charge >= 0.3 is 0 Å². The van der Waals surface area contributed by atoms with Gasteiger partial charge in [-0.15, -0.1) is 0 Å². The van der Waals surface area contributed by atoms with Gasteiger partial charge in [-0.05, 0) is 63.2 Å². The molecule has 3 N–H and O–H groups in total. The van der Waals surface area contributed by atoms with Gasteiger partial charge in [0, 0.05) is 24.2 Å². The first-order valence-electron chi connectivity index (χ1n) is 8.67. The minimum absolute atomic E-state index is 0.0361. The number of anilines is 1. The zero-order valence-corrected chi connectivity index (χ0v) is 13.7. The predicted octanol–water partition coefficient (Wildman–Crippen LogP) is 2.29. The maximum atomic E-state index is 12.2. The molecule has 3 rings (SSSR count). The number of nitrogens with one attached hydrogen (secondary N) is 3. The van der Waals surface area contributed by atoms with Crippen molar-refractivity contribution in [2.45, 2.75) is 38.1 Å². The Morgan fingerprint density at radius 1 is 1.33 bits per heavy atom. The molecule has 1 amide bonds. The van der Waals surface area contributed by atoms with Crippen molar-refractivity contribution >= 4 is 17.3 Å². The van der Waals surface area contributed by atoms with Crippen molar-refractivity contribution in [3.63, 3.8) is 0 Å². The summed E-state index contributed by atoms with van der Waals surface area (Å²) >= 11 is 0. The van der Waals surface area contributed by atoms with Gasteiger partial charge < -0.3 is 16.0 Å².